The van der Waals surface area contributed by atoms with Crippen LogP contribution in [0.3, 0.4) is 0 Å². The van der Waals surface area contributed by atoms with Gasteiger partial charge in [0, 0.05) is 26.1 Å². The van der Waals surface area contributed by atoms with Gasteiger partial charge in [0.15, 0.2) is 0 Å². The molecule has 0 spiro atoms. The Morgan fingerprint density at radius 2 is 1.83 bits per heavy atom. The first-order valence-electron chi connectivity index (χ1n) is 7.13. The highest BCUT2D eigenvalue weighted by atomic mass is 16.2. The van der Waals surface area contributed by atoms with Gasteiger partial charge in [0.2, 0.25) is 5.91 Å². The Bertz CT molecular complexity index is 243. The van der Waals surface area contributed by atoms with E-state index in [1.807, 2.05) is 11.9 Å². The monoisotopic (exact) mass is 256 g/mol. The lowest BCUT2D eigenvalue weighted by Crippen LogP contribution is -2.34. The van der Waals surface area contributed by atoms with Crippen molar-refractivity contribution >= 4 is 5.91 Å². The Kier molecular flexibility index (Phi) is 7.53. The van der Waals surface area contributed by atoms with Gasteiger partial charge in [0.1, 0.15) is 0 Å². The Hall–Kier alpha value is -0.570. The van der Waals surface area contributed by atoms with Gasteiger partial charge in [0.25, 0.3) is 0 Å². The van der Waals surface area contributed by atoms with Gasteiger partial charge in [-0.2, -0.15) is 0 Å². The number of carbonyl (C=O) groups excluding carboxylic acids is 1. The zero-order chi connectivity index (χ0) is 14.3. The molecule has 0 aliphatic carbocycles. The standard InChI is InChI=1S/C15H32N2O/c1-12(2)13(16)9-11-17(6)14(18)8-7-10-15(3,4)5/h12-13H,7-11,16H2,1-6H3. The van der Waals surface area contributed by atoms with Crippen LogP contribution in [0.25, 0.3) is 0 Å². The third kappa shape index (κ3) is 8.51. The maximum atomic E-state index is 11.9. The third-order valence-corrected chi connectivity index (χ3v) is 3.40. The molecular formula is C15H32N2O. The normalized spacial score (nSPS) is 13.8. The number of rotatable bonds is 7. The zero-order valence-corrected chi connectivity index (χ0v) is 13.1. The summed E-state index contributed by atoms with van der Waals surface area (Å²) in [6.45, 7) is 11.6. The van der Waals surface area contributed by atoms with Crippen LogP contribution in [0.4, 0.5) is 0 Å². The third-order valence-electron chi connectivity index (χ3n) is 3.40. The molecule has 0 fully saturated rings. The number of hydrogen-bond donors (Lipinski definition) is 1. The predicted molar refractivity (Wildman–Crippen MR) is 78.4 cm³/mol. The van der Waals surface area contributed by atoms with E-state index in [0.717, 1.165) is 25.8 Å². The molecule has 0 aliphatic heterocycles. The van der Waals surface area contributed by atoms with Crippen LogP contribution in [-0.4, -0.2) is 30.4 Å². The average Bonchev–Trinajstić information content (AvgIpc) is 2.23. The number of hydrogen-bond acceptors (Lipinski definition) is 2. The van der Waals surface area contributed by atoms with Crippen molar-refractivity contribution in [2.45, 2.75) is 66.3 Å². The molecule has 1 amide bonds. The molecule has 0 aromatic heterocycles. The van der Waals surface area contributed by atoms with Gasteiger partial charge in [0.05, 0.1) is 0 Å². The molecular weight excluding hydrogens is 224 g/mol. The highest BCUT2D eigenvalue weighted by molar-refractivity contribution is 5.75. The van der Waals surface area contributed by atoms with Gasteiger partial charge in [-0.05, 0) is 30.6 Å². The Balaban J connectivity index is 3.83. The van der Waals surface area contributed by atoms with Crippen LogP contribution in [0.5, 0.6) is 0 Å². The Morgan fingerprint density at radius 1 is 1.28 bits per heavy atom. The summed E-state index contributed by atoms with van der Waals surface area (Å²) in [5.74, 6) is 0.726. The van der Waals surface area contributed by atoms with E-state index in [2.05, 4.69) is 34.6 Å². The summed E-state index contributed by atoms with van der Waals surface area (Å²) in [6, 6.07) is 0.190. The van der Waals surface area contributed by atoms with E-state index < -0.39 is 0 Å². The molecule has 0 rings (SSSR count). The van der Waals surface area contributed by atoms with Crippen LogP contribution in [-0.2, 0) is 4.79 Å². The molecule has 0 aromatic carbocycles. The second-order valence-electron chi connectivity index (χ2n) is 6.93. The van der Waals surface area contributed by atoms with Crippen molar-refractivity contribution in [2.24, 2.45) is 17.1 Å². The van der Waals surface area contributed by atoms with E-state index in [-0.39, 0.29) is 11.9 Å². The van der Waals surface area contributed by atoms with Crippen LogP contribution >= 0.6 is 0 Å². The molecule has 0 heterocycles. The molecule has 0 aromatic rings. The Labute approximate surface area is 113 Å². The highest BCUT2D eigenvalue weighted by Crippen LogP contribution is 2.21. The summed E-state index contributed by atoms with van der Waals surface area (Å²) in [6.07, 6.45) is 3.62. The zero-order valence-electron chi connectivity index (χ0n) is 13.1. The van der Waals surface area contributed by atoms with E-state index in [1.54, 1.807) is 0 Å². The number of nitrogens with zero attached hydrogens (tertiary/aromatic N) is 1. The summed E-state index contributed by atoms with van der Waals surface area (Å²) in [7, 11) is 1.88. The lowest BCUT2D eigenvalue weighted by molar-refractivity contribution is -0.130. The molecule has 2 N–H and O–H groups in total. The van der Waals surface area contributed by atoms with Crippen molar-refractivity contribution in [3.63, 3.8) is 0 Å². The van der Waals surface area contributed by atoms with Gasteiger partial charge < -0.3 is 10.6 Å². The molecule has 0 bridgehead atoms. The van der Waals surface area contributed by atoms with Crippen molar-refractivity contribution in [1.29, 1.82) is 0 Å². The molecule has 1 unspecified atom stereocenters. The molecule has 3 nitrogen and oxygen atoms in total. The van der Waals surface area contributed by atoms with Gasteiger partial charge in [-0.15, -0.1) is 0 Å². The largest absolute Gasteiger partial charge is 0.346 e. The molecule has 3 heteroatoms. The number of amides is 1. The van der Waals surface area contributed by atoms with Crippen molar-refractivity contribution in [3.05, 3.63) is 0 Å². The van der Waals surface area contributed by atoms with E-state index in [0.29, 0.717) is 17.8 Å². The SMILES string of the molecule is CC(C)C(N)CCN(C)C(=O)CCCC(C)(C)C. The molecule has 0 aliphatic rings. The summed E-state index contributed by atoms with van der Waals surface area (Å²) in [5.41, 5.74) is 6.30. The smallest absolute Gasteiger partial charge is 0.222 e. The minimum Gasteiger partial charge on any atom is -0.346 e. The summed E-state index contributed by atoms with van der Waals surface area (Å²) < 4.78 is 0. The fraction of sp³-hybridized carbons (Fsp3) is 0.933. The Morgan fingerprint density at radius 3 is 2.28 bits per heavy atom. The van der Waals surface area contributed by atoms with Gasteiger partial charge in [-0.3, -0.25) is 4.79 Å². The maximum Gasteiger partial charge on any atom is 0.222 e. The minimum absolute atomic E-state index is 0.190. The topological polar surface area (TPSA) is 46.3 Å². The van der Waals surface area contributed by atoms with Gasteiger partial charge in [-0.1, -0.05) is 34.6 Å². The van der Waals surface area contributed by atoms with Gasteiger partial charge in [-0.25, -0.2) is 0 Å². The van der Waals surface area contributed by atoms with Crippen LogP contribution in [0.15, 0.2) is 0 Å². The predicted octanol–water partition coefficient (Wildman–Crippen LogP) is 3.03. The summed E-state index contributed by atoms with van der Waals surface area (Å²) in [4.78, 5) is 13.7. The number of nitrogens with two attached hydrogens (primary N) is 1. The van der Waals surface area contributed by atoms with Crippen LogP contribution in [0.2, 0.25) is 0 Å². The van der Waals surface area contributed by atoms with Crippen molar-refractivity contribution in [3.8, 4) is 0 Å². The first-order valence-corrected chi connectivity index (χ1v) is 7.13. The van der Waals surface area contributed by atoms with E-state index >= 15 is 0 Å². The second-order valence-corrected chi connectivity index (χ2v) is 6.93. The average molecular weight is 256 g/mol. The van der Waals surface area contributed by atoms with Gasteiger partial charge >= 0.3 is 0 Å². The summed E-state index contributed by atoms with van der Waals surface area (Å²) in [5, 5.41) is 0. The van der Waals surface area contributed by atoms with Crippen LogP contribution in [0.1, 0.15) is 60.3 Å². The molecule has 108 valence electrons. The lowest BCUT2D eigenvalue weighted by Gasteiger charge is -2.22. The number of carbonyl (C=O) groups is 1. The van der Waals surface area contributed by atoms with Crippen LogP contribution < -0.4 is 5.73 Å². The quantitative estimate of drug-likeness (QED) is 0.761. The molecule has 18 heavy (non-hydrogen) atoms. The maximum absolute atomic E-state index is 11.9. The molecule has 0 saturated heterocycles. The van der Waals surface area contributed by atoms with E-state index in [9.17, 15) is 4.79 Å². The molecule has 0 radical (unpaired) electrons. The van der Waals surface area contributed by atoms with Crippen molar-refractivity contribution in [2.75, 3.05) is 13.6 Å². The minimum atomic E-state index is 0.190. The van der Waals surface area contributed by atoms with E-state index in [1.165, 1.54) is 0 Å². The lowest BCUT2D eigenvalue weighted by atomic mass is 9.90. The fourth-order valence-electron chi connectivity index (χ4n) is 1.76. The van der Waals surface area contributed by atoms with Crippen molar-refractivity contribution in [1.82, 2.24) is 4.90 Å². The molecule has 1 atom stereocenters. The molecule has 0 saturated carbocycles. The fourth-order valence-corrected chi connectivity index (χ4v) is 1.76. The summed E-state index contributed by atoms with van der Waals surface area (Å²) >= 11 is 0. The first kappa shape index (κ1) is 17.4. The van der Waals surface area contributed by atoms with Crippen LogP contribution in [0, 0.1) is 11.3 Å². The van der Waals surface area contributed by atoms with E-state index in [4.69, 9.17) is 5.73 Å². The first-order chi connectivity index (χ1) is 8.13. The second kappa shape index (κ2) is 7.78. The highest BCUT2D eigenvalue weighted by Gasteiger charge is 2.14. The van der Waals surface area contributed by atoms with Crippen molar-refractivity contribution < 1.29 is 4.79 Å².